The minimum absolute atomic E-state index is 0.0977. The van der Waals surface area contributed by atoms with E-state index in [4.69, 9.17) is 10.5 Å². The van der Waals surface area contributed by atoms with Crippen LogP contribution in [-0.2, 0) is 14.6 Å². The molecule has 0 amide bonds. The van der Waals surface area contributed by atoms with Gasteiger partial charge in [0.2, 0.25) is 0 Å². The van der Waals surface area contributed by atoms with Gasteiger partial charge in [-0.25, -0.2) is 12.8 Å². The average molecular weight is 275 g/mol. The fourth-order valence-electron chi connectivity index (χ4n) is 1.40. The summed E-state index contributed by atoms with van der Waals surface area (Å²) in [5.41, 5.74) is 5.51. The van der Waals surface area contributed by atoms with Crippen molar-refractivity contribution >= 4 is 15.5 Å². The molecule has 0 saturated carbocycles. The molecule has 102 valence electrons. The Morgan fingerprint density at radius 1 is 1.28 bits per heavy atom. The summed E-state index contributed by atoms with van der Waals surface area (Å²) in [6.07, 6.45) is 1.89. The van der Waals surface area contributed by atoms with E-state index in [0.29, 0.717) is 6.61 Å². The zero-order valence-corrected chi connectivity index (χ0v) is 11.2. The van der Waals surface area contributed by atoms with Crippen LogP contribution in [0.1, 0.15) is 19.8 Å². The maximum atomic E-state index is 13.1. The molecule has 0 bridgehead atoms. The predicted molar refractivity (Wildman–Crippen MR) is 68.6 cm³/mol. The molecule has 1 aromatic rings. The number of unbranched alkanes of at least 4 members (excludes halogenated alkanes) is 1. The Bertz CT molecular complexity index is 468. The van der Waals surface area contributed by atoms with Gasteiger partial charge in [-0.2, -0.15) is 0 Å². The first-order chi connectivity index (χ1) is 8.45. The SMILES string of the molecule is CCCCOCCS(=O)(=O)c1cc(N)cc(F)c1. The highest BCUT2D eigenvalue weighted by atomic mass is 32.2. The van der Waals surface area contributed by atoms with Gasteiger partial charge in [0.1, 0.15) is 5.82 Å². The third-order valence-electron chi connectivity index (χ3n) is 2.39. The topological polar surface area (TPSA) is 69.4 Å². The number of hydrogen-bond acceptors (Lipinski definition) is 4. The summed E-state index contributed by atoms with van der Waals surface area (Å²) in [5, 5.41) is 0. The molecule has 0 radical (unpaired) electrons. The lowest BCUT2D eigenvalue weighted by atomic mass is 10.3. The standard InChI is InChI=1S/C12H18FNO3S/c1-2-3-4-17-5-6-18(15,16)12-8-10(13)7-11(14)9-12/h7-9H,2-6,14H2,1H3. The second kappa shape index (κ2) is 6.70. The van der Waals surface area contributed by atoms with Crippen LogP contribution in [0.25, 0.3) is 0 Å². The summed E-state index contributed by atoms with van der Waals surface area (Å²) >= 11 is 0. The summed E-state index contributed by atoms with van der Waals surface area (Å²) < 4.78 is 42.0. The molecular weight excluding hydrogens is 257 g/mol. The largest absolute Gasteiger partial charge is 0.399 e. The molecule has 0 aromatic heterocycles. The van der Waals surface area contributed by atoms with Crippen molar-refractivity contribution < 1.29 is 17.5 Å². The highest BCUT2D eigenvalue weighted by molar-refractivity contribution is 7.91. The average Bonchev–Trinajstić information content (AvgIpc) is 2.27. The zero-order chi connectivity index (χ0) is 13.6. The van der Waals surface area contributed by atoms with E-state index in [1.54, 1.807) is 0 Å². The van der Waals surface area contributed by atoms with E-state index in [2.05, 4.69) is 0 Å². The lowest BCUT2D eigenvalue weighted by Gasteiger charge is -2.06. The Balaban J connectivity index is 2.63. The summed E-state index contributed by atoms with van der Waals surface area (Å²) in [6.45, 7) is 2.67. The van der Waals surface area contributed by atoms with Crippen molar-refractivity contribution in [3.63, 3.8) is 0 Å². The number of nitrogen functional groups attached to an aromatic ring is 1. The number of sulfone groups is 1. The molecule has 0 atom stereocenters. The maximum absolute atomic E-state index is 13.1. The van der Waals surface area contributed by atoms with Crippen molar-refractivity contribution in [2.45, 2.75) is 24.7 Å². The molecule has 4 nitrogen and oxygen atoms in total. The van der Waals surface area contributed by atoms with Gasteiger partial charge in [-0.3, -0.25) is 0 Å². The normalized spacial score (nSPS) is 11.7. The number of benzene rings is 1. The first-order valence-corrected chi connectivity index (χ1v) is 7.47. The maximum Gasteiger partial charge on any atom is 0.180 e. The first-order valence-electron chi connectivity index (χ1n) is 5.82. The molecule has 0 aliphatic heterocycles. The molecule has 0 fully saturated rings. The molecule has 0 aliphatic rings. The Kier molecular flexibility index (Phi) is 5.55. The van der Waals surface area contributed by atoms with Gasteiger partial charge in [0.15, 0.2) is 9.84 Å². The first kappa shape index (κ1) is 14.9. The third-order valence-corrected chi connectivity index (χ3v) is 4.05. The number of halogens is 1. The van der Waals surface area contributed by atoms with E-state index in [1.807, 2.05) is 6.92 Å². The zero-order valence-electron chi connectivity index (χ0n) is 10.4. The molecule has 6 heteroatoms. The van der Waals surface area contributed by atoms with E-state index in [0.717, 1.165) is 25.0 Å². The number of nitrogens with two attached hydrogens (primary N) is 1. The minimum Gasteiger partial charge on any atom is -0.399 e. The van der Waals surface area contributed by atoms with E-state index >= 15 is 0 Å². The van der Waals surface area contributed by atoms with Crippen LogP contribution in [0, 0.1) is 5.82 Å². The van der Waals surface area contributed by atoms with Crippen molar-refractivity contribution in [2.75, 3.05) is 24.7 Å². The molecule has 18 heavy (non-hydrogen) atoms. The van der Waals surface area contributed by atoms with E-state index in [1.165, 1.54) is 6.07 Å². The molecule has 2 N–H and O–H groups in total. The van der Waals surface area contributed by atoms with Gasteiger partial charge >= 0.3 is 0 Å². The van der Waals surface area contributed by atoms with Crippen LogP contribution in [-0.4, -0.2) is 27.4 Å². The lowest BCUT2D eigenvalue weighted by Crippen LogP contribution is -2.13. The third kappa shape index (κ3) is 4.62. The van der Waals surface area contributed by atoms with Crippen LogP contribution >= 0.6 is 0 Å². The van der Waals surface area contributed by atoms with Gasteiger partial charge in [0, 0.05) is 12.3 Å². The Morgan fingerprint density at radius 3 is 2.61 bits per heavy atom. The molecule has 0 heterocycles. The quantitative estimate of drug-likeness (QED) is 0.610. The molecule has 0 aliphatic carbocycles. The second-order valence-corrected chi connectivity index (χ2v) is 6.11. The highest BCUT2D eigenvalue weighted by Gasteiger charge is 2.15. The number of rotatable bonds is 7. The van der Waals surface area contributed by atoms with Crippen molar-refractivity contribution in [3.05, 3.63) is 24.0 Å². The highest BCUT2D eigenvalue weighted by Crippen LogP contribution is 2.17. The molecule has 0 unspecified atom stereocenters. The van der Waals surface area contributed by atoms with Crippen LogP contribution in [0.3, 0.4) is 0 Å². The fourth-order valence-corrected chi connectivity index (χ4v) is 2.58. The van der Waals surface area contributed by atoms with Crippen molar-refractivity contribution in [1.82, 2.24) is 0 Å². The van der Waals surface area contributed by atoms with Gasteiger partial charge < -0.3 is 10.5 Å². The van der Waals surface area contributed by atoms with E-state index in [9.17, 15) is 12.8 Å². The smallest absolute Gasteiger partial charge is 0.180 e. The summed E-state index contributed by atoms with van der Waals surface area (Å²) in [7, 11) is -3.54. The molecule has 0 saturated heterocycles. The molecule has 0 spiro atoms. The monoisotopic (exact) mass is 275 g/mol. The van der Waals surface area contributed by atoms with Gasteiger partial charge in [-0.15, -0.1) is 0 Å². The fraction of sp³-hybridized carbons (Fsp3) is 0.500. The van der Waals surface area contributed by atoms with Gasteiger partial charge in [-0.1, -0.05) is 13.3 Å². The Labute approximate surface area is 107 Å². The lowest BCUT2D eigenvalue weighted by molar-refractivity contribution is 0.146. The number of anilines is 1. The Hall–Kier alpha value is -1.14. The number of hydrogen-bond donors (Lipinski definition) is 1. The van der Waals surface area contributed by atoms with Crippen LogP contribution in [0.2, 0.25) is 0 Å². The van der Waals surface area contributed by atoms with Gasteiger partial charge in [-0.05, 0) is 24.6 Å². The van der Waals surface area contributed by atoms with Crippen LogP contribution < -0.4 is 5.73 Å². The summed E-state index contributed by atoms with van der Waals surface area (Å²) in [5.74, 6) is -0.819. The van der Waals surface area contributed by atoms with Gasteiger partial charge in [0.05, 0.1) is 17.3 Å². The van der Waals surface area contributed by atoms with Gasteiger partial charge in [0.25, 0.3) is 0 Å². The van der Waals surface area contributed by atoms with Crippen LogP contribution in [0.5, 0.6) is 0 Å². The minimum atomic E-state index is -3.54. The molecular formula is C12H18FNO3S. The van der Waals surface area contributed by atoms with E-state index < -0.39 is 15.7 Å². The summed E-state index contributed by atoms with van der Waals surface area (Å²) in [6, 6.07) is 3.30. The molecule has 1 rings (SSSR count). The molecule has 1 aromatic carbocycles. The van der Waals surface area contributed by atoms with Crippen LogP contribution in [0.15, 0.2) is 23.1 Å². The Morgan fingerprint density at radius 2 is 2.00 bits per heavy atom. The van der Waals surface area contributed by atoms with Crippen molar-refractivity contribution in [3.8, 4) is 0 Å². The summed E-state index contributed by atoms with van der Waals surface area (Å²) in [4.78, 5) is -0.0981. The number of ether oxygens (including phenoxy) is 1. The van der Waals surface area contributed by atoms with Crippen molar-refractivity contribution in [1.29, 1.82) is 0 Å². The van der Waals surface area contributed by atoms with Crippen LogP contribution in [0.4, 0.5) is 10.1 Å². The second-order valence-electron chi connectivity index (χ2n) is 4.01. The predicted octanol–water partition coefficient (Wildman–Crippen LogP) is 2.00. The van der Waals surface area contributed by atoms with Crippen molar-refractivity contribution in [2.24, 2.45) is 0 Å². The van der Waals surface area contributed by atoms with E-state index in [-0.39, 0.29) is 22.9 Å².